The largest absolute Gasteiger partial charge is 0.345 e. The summed E-state index contributed by atoms with van der Waals surface area (Å²) in [5.74, 6) is 0. The molecule has 2 rings (SSSR count). The predicted molar refractivity (Wildman–Crippen MR) is 68.5 cm³/mol. The van der Waals surface area contributed by atoms with Gasteiger partial charge in [-0.15, -0.1) is 0 Å². The maximum Gasteiger partial charge on any atom is 0.0409 e. The summed E-state index contributed by atoms with van der Waals surface area (Å²) in [6, 6.07) is 2.51. The first-order valence-corrected chi connectivity index (χ1v) is 6.58. The fraction of sp³-hybridized carbons (Fsp3) is 0.714. The van der Waals surface area contributed by atoms with Crippen molar-refractivity contribution in [1.82, 2.24) is 4.57 Å². The summed E-state index contributed by atoms with van der Waals surface area (Å²) in [4.78, 5) is 0. The van der Waals surface area contributed by atoms with E-state index in [1.807, 2.05) is 0 Å². The Bertz CT molecular complexity index is 361. The van der Waals surface area contributed by atoms with Gasteiger partial charge in [-0.05, 0) is 50.7 Å². The van der Waals surface area contributed by atoms with Crippen LogP contribution in [0.3, 0.4) is 0 Å². The lowest BCUT2D eigenvalue weighted by Gasteiger charge is -2.33. The summed E-state index contributed by atoms with van der Waals surface area (Å²) in [5.41, 5.74) is 9.32. The molecule has 2 N–H and O–H groups in total. The van der Waals surface area contributed by atoms with E-state index in [0.29, 0.717) is 0 Å². The van der Waals surface area contributed by atoms with Crippen molar-refractivity contribution in [3.05, 3.63) is 23.5 Å². The fourth-order valence-electron chi connectivity index (χ4n) is 2.82. The molecule has 1 atom stereocenters. The van der Waals surface area contributed by atoms with Gasteiger partial charge in [0, 0.05) is 23.5 Å². The molecule has 16 heavy (non-hydrogen) atoms. The van der Waals surface area contributed by atoms with Crippen molar-refractivity contribution in [1.29, 1.82) is 0 Å². The van der Waals surface area contributed by atoms with E-state index in [-0.39, 0.29) is 11.6 Å². The summed E-state index contributed by atoms with van der Waals surface area (Å²) in [6.45, 7) is 6.91. The molecule has 1 unspecified atom stereocenters. The third-order valence-electron chi connectivity index (χ3n) is 4.46. The zero-order valence-electron chi connectivity index (χ0n) is 10.8. The summed E-state index contributed by atoms with van der Waals surface area (Å²) >= 11 is 0. The number of nitrogens with two attached hydrogens (primary N) is 1. The van der Waals surface area contributed by atoms with Crippen molar-refractivity contribution in [2.45, 2.75) is 64.5 Å². The van der Waals surface area contributed by atoms with Crippen LogP contribution in [0, 0.1) is 0 Å². The standard InChI is InChI=1S/C14H24N2/c1-4-14(3,5-2)16-10-9-11-12(15)7-6-8-13(11)16/h9-10,12H,4-8,15H2,1-3H3. The van der Waals surface area contributed by atoms with Gasteiger partial charge in [0.2, 0.25) is 0 Å². The van der Waals surface area contributed by atoms with E-state index in [0.717, 1.165) is 6.42 Å². The maximum absolute atomic E-state index is 6.17. The first-order valence-electron chi connectivity index (χ1n) is 6.58. The summed E-state index contributed by atoms with van der Waals surface area (Å²) in [5, 5.41) is 0. The first-order chi connectivity index (χ1) is 7.62. The molecule has 0 aromatic carbocycles. The third kappa shape index (κ3) is 1.69. The van der Waals surface area contributed by atoms with Crippen LogP contribution in [0.5, 0.6) is 0 Å². The van der Waals surface area contributed by atoms with Gasteiger partial charge in [0.25, 0.3) is 0 Å². The molecule has 1 heterocycles. The molecule has 0 radical (unpaired) electrons. The Hall–Kier alpha value is -0.760. The van der Waals surface area contributed by atoms with Crippen molar-refractivity contribution in [3.63, 3.8) is 0 Å². The lowest BCUT2D eigenvalue weighted by Crippen LogP contribution is -2.31. The Morgan fingerprint density at radius 3 is 2.75 bits per heavy atom. The van der Waals surface area contributed by atoms with E-state index in [1.54, 1.807) is 0 Å². The van der Waals surface area contributed by atoms with Crippen molar-refractivity contribution in [2.75, 3.05) is 0 Å². The molecule has 0 amide bonds. The molecule has 0 spiro atoms. The monoisotopic (exact) mass is 220 g/mol. The highest BCUT2D eigenvalue weighted by molar-refractivity contribution is 5.29. The Morgan fingerprint density at radius 2 is 2.12 bits per heavy atom. The lowest BCUT2D eigenvalue weighted by atomic mass is 9.90. The topological polar surface area (TPSA) is 30.9 Å². The van der Waals surface area contributed by atoms with Crippen LogP contribution < -0.4 is 5.73 Å². The SMILES string of the molecule is CCC(C)(CC)n1ccc2c1CCCC2N. The average Bonchev–Trinajstić information content (AvgIpc) is 2.74. The normalized spacial score (nSPS) is 20.9. The smallest absolute Gasteiger partial charge is 0.0409 e. The second-order valence-corrected chi connectivity index (χ2v) is 5.29. The number of hydrogen-bond acceptors (Lipinski definition) is 1. The number of nitrogens with zero attached hydrogens (tertiary/aromatic N) is 1. The molecule has 1 aromatic heterocycles. The molecule has 2 heteroatoms. The molecular formula is C14H24N2. The van der Waals surface area contributed by atoms with Crippen LogP contribution in [0.1, 0.15) is 63.8 Å². The highest BCUT2D eigenvalue weighted by atomic mass is 15.1. The summed E-state index contributed by atoms with van der Waals surface area (Å²) in [7, 11) is 0. The number of hydrogen-bond donors (Lipinski definition) is 1. The minimum atomic E-state index is 0.267. The van der Waals surface area contributed by atoms with Gasteiger partial charge in [-0.3, -0.25) is 0 Å². The second kappa shape index (κ2) is 4.25. The Labute approximate surface area is 98.8 Å². The Balaban J connectivity index is 2.43. The van der Waals surface area contributed by atoms with Crippen LogP contribution in [0.25, 0.3) is 0 Å². The molecule has 2 nitrogen and oxygen atoms in total. The Morgan fingerprint density at radius 1 is 1.44 bits per heavy atom. The van der Waals surface area contributed by atoms with Crippen LogP contribution in [-0.2, 0) is 12.0 Å². The fourth-order valence-corrected chi connectivity index (χ4v) is 2.82. The zero-order chi connectivity index (χ0) is 11.8. The quantitative estimate of drug-likeness (QED) is 0.832. The van der Waals surface area contributed by atoms with Gasteiger partial charge in [0.1, 0.15) is 0 Å². The molecule has 90 valence electrons. The highest BCUT2D eigenvalue weighted by Gasteiger charge is 2.28. The third-order valence-corrected chi connectivity index (χ3v) is 4.46. The van der Waals surface area contributed by atoms with Crippen LogP contribution in [-0.4, -0.2) is 4.57 Å². The van der Waals surface area contributed by atoms with Crippen molar-refractivity contribution in [2.24, 2.45) is 5.73 Å². The number of aromatic nitrogens is 1. The van der Waals surface area contributed by atoms with Gasteiger partial charge < -0.3 is 10.3 Å². The van der Waals surface area contributed by atoms with Crippen LogP contribution in [0.2, 0.25) is 0 Å². The van der Waals surface area contributed by atoms with Gasteiger partial charge >= 0.3 is 0 Å². The molecule has 1 aliphatic carbocycles. The van der Waals surface area contributed by atoms with Crippen LogP contribution in [0.4, 0.5) is 0 Å². The predicted octanol–water partition coefficient (Wildman–Crippen LogP) is 3.36. The number of fused-ring (bicyclic) bond motifs is 1. The van der Waals surface area contributed by atoms with Crippen molar-refractivity contribution < 1.29 is 0 Å². The van der Waals surface area contributed by atoms with E-state index in [1.165, 1.54) is 36.9 Å². The van der Waals surface area contributed by atoms with Gasteiger partial charge in [0.15, 0.2) is 0 Å². The minimum Gasteiger partial charge on any atom is -0.345 e. The van der Waals surface area contributed by atoms with Gasteiger partial charge in [-0.1, -0.05) is 13.8 Å². The molecule has 0 saturated carbocycles. The van der Waals surface area contributed by atoms with E-state index in [9.17, 15) is 0 Å². The molecule has 0 saturated heterocycles. The summed E-state index contributed by atoms with van der Waals surface area (Å²) < 4.78 is 2.49. The molecular weight excluding hydrogens is 196 g/mol. The number of rotatable bonds is 3. The maximum atomic E-state index is 6.17. The lowest BCUT2D eigenvalue weighted by molar-refractivity contribution is 0.283. The zero-order valence-corrected chi connectivity index (χ0v) is 10.8. The molecule has 0 fully saturated rings. The van der Waals surface area contributed by atoms with Gasteiger partial charge in [-0.2, -0.15) is 0 Å². The Kier molecular flexibility index (Phi) is 3.11. The molecule has 0 aliphatic heterocycles. The molecule has 1 aromatic rings. The highest BCUT2D eigenvalue weighted by Crippen LogP contribution is 2.34. The van der Waals surface area contributed by atoms with Crippen molar-refractivity contribution >= 4 is 0 Å². The van der Waals surface area contributed by atoms with E-state index in [2.05, 4.69) is 37.6 Å². The average molecular weight is 220 g/mol. The van der Waals surface area contributed by atoms with Crippen LogP contribution >= 0.6 is 0 Å². The molecule has 0 bridgehead atoms. The van der Waals surface area contributed by atoms with E-state index in [4.69, 9.17) is 5.73 Å². The second-order valence-electron chi connectivity index (χ2n) is 5.29. The van der Waals surface area contributed by atoms with Crippen molar-refractivity contribution in [3.8, 4) is 0 Å². The first kappa shape index (κ1) is 11.7. The summed E-state index contributed by atoms with van der Waals surface area (Å²) in [6.07, 6.45) is 8.20. The van der Waals surface area contributed by atoms with Gasteiger partial charge in [-0.25, -0.2) is 0 Å². The molecule has 1 aliphatic rings. The van der Waals surface area contributed by atoms with E-state index < -0.39 is 0 Å². The van der Waals surface area contributed by atoms with E-state index >= 15 is 0 Å². The van der Waals surface area contributed by atoms with Gasteiger partial charge in [0.05, 0.1) is 0 Å². The van der Waals surface area contributed by atoms with Crippen LogP contribution in [0.15, 0.2) is 12.3 Å². The minimum absolute atomic E-state index is 0.267.